The standard InChI is InChI=1S/C40H49N11O6/c1-25-21-51(22-32(35(25)44-14-15-45-41)49-39(55)57-40(2,3)4)33-12-13-42-20-31(33)47-37(53)36-30(48-38(54)56-24-26-8-6-5-7-9-26)18-27-10-11-28(19-29(27)46-36)50-17-16-43-34(52)23-50/h5-15,18-20,25,32,35,44-45H,16-17,21-24,41H2,1-4H3,(H,43,52)(H,47,53)(H,48,54)(H,49,55)/b15-14-/t25-,32+,35-/m0/s1. The molecule has 0 radical (unpaired) electrons. The van der Waals surface area contributed by atoms with Crippen molar-refractivity contribution in [2.24, 2.45) is 11.8 Å². The number of fused-ring (bicyclic) bond motifs is 1. The van der Waals surface area contributed by atoms with E-state index in [1.165, 1.54) is 6.20 Å². The van der Waals surface area contributed by atoms with Crippen molar-refractivity contribution in [1.82, 2.24) is 31.3 Å². The van der Waals surface area contributed by atoms with Crippen LogP contribution in [0.4, 0.5) is 32.3 Å². The lowest BCUT2D eigenvalue weighted by Crippen LogP contribution is -2.63. The lowest BCUT2D eigenvalue weighted by molar-refractivity contribution is -0.120. The first-order valence-corrected chi connectivity index (χ1v) is 18.7. The molecule has 0 bridgehead atoms. The van der Waals surface area contributed by atoms with Crippen LogP contribution in [-0.2, 0) is 20.9 Å². The Morgan fingerprint density at radius 2 is 1.79 bits per heavy atom. The summed E-state index contributed by atoms with van der Waals surface area (Å²) in [4.78, 5) is 65.6. The Morgan fingerprint density at radius 3 is 2.54 bits per heavy atom. The van der Waals surface area contributed by atoms with Crippen LogP contribution in [0.2, 0.25) is 0 Å². The molecule has 2 aromatic carbocycles. The molecule has 8 N–H and O–H groups in total. The fraction of sp³-hybridized carbons (Fsp3) is 0.350. The third kappa shape index (κ3) is 10.6. The monoisotopic (exact) mass is 779 g/mol. The average molecular weight is 780 g/mol. The van der Waals surface area contributed by atoms with Gasteiger partial charge >= 0.3 is 12.2 Å². The Morgan fingerprint density at radius 1 is 0.982 bits per heavy atom. The number of carbonyl (C=O) groups excluding carboxylic acids is 4. The van der Waals surface area contributed by atoms with Gasteiger partial charge in [0.15, 0.2) is 5.69 Å². The smallest absolute Gasteiger partial charge is 0.412 e. The molecule has 0 aliphatic carbocycles. The van der Waals surface area contributed by atoms with E-state index in [9.17, 15) is 19.2 Å². The number of benzene rings is 2. The summed E-state index contributed by atoms with van der Waals surface area (Å²) in [5, 5.41) is 15.5. The zero-order valence-electron chi connectivity index (χ0n) is 32.4. The molecule has 2 aromatic heterocycles. The van der Waals surface area contributed by atoms with Gasteiger partial charge in [-0.05, 0) is 56.5 Å². The summed E-state index contributed by atoms with van der Waals surface area (Å²) in [5.74, 6) is 4.72. The van der Waals surface area contributed by atoms with Crippen LogP contribution in [0.15, 0.2) is 85.5 Å². The molecule has 2 aliphatic heterocycles. The third-order valence-electron chi connectivity index (χ3n) is 9.40. The van der Waals surface area contributed by atoms with Gasteiger partial charge in [-0.1, -0.05) is 43.3 Å². The molecule has 17 heteroatoms. The highest BCUT2D eigenvalue weighted by molar-refractivity contribution is 6.11. The van der Waals surface area contributed by atoms with Crippen LogP contribution in [0.5, 0.6) is 0 Å². The van der Waals surface area contributed by atoms with Crippen molar-refractivity contribution < 1.29 is 28.7 Å². The van der Waals surface area contributed by atoms with E-state index in [-0.39, 0.29) is 42.4 Å². The third-order valence-corrected chi connectivity index (χ3v) is 9.40. The number of hydrogen-bond acceptors (Lipinski definition) is 13. The maximum atomic E-state index is 14.3. The number of aromatic nitrogens is 2. The molecular formula is C40H49N11O6. The van der Waals surface area contributed by atoms with Crippen LogP contribution in [0.3, 0.4) is 0 Å². The van der Waals surface area contributed by atoms with Crippen LogP contribution >= 0.6 is 0 Å². The quantitative estimate of drug-likeness (QED) is 0.0853. The van der Waals surface area contributed by atoms with E-state index in [1.54, 1.807) is 51.5 Å². The minimum absolute atomic E-state index is 0.0159. The number of anilines is 4. The van der Waals surface area contributed by atoms with Gasteiger partial charge in [-0.25, -0.2) is 14.6 Å². The molecule has 300 valence electrons. The molecule has 4 amide bonds. The zero-order chi connectivity index (χ0) is 40.5. The van der Waals surface area contributed by atoms with E-state index in [0.29, 0.717) is 48.5 Å². The van der Waals surface area contributed by atoms with Crippen LogP contribution < -0.4 is 47.7 Å². The molecule has 0 unspecified atom stereocenters. The number of pyridine rings is 2. The summed E-state index contributed by atoms with van der Waals surface area (Å²) in [6.45, 7) is 9.68. The molecular weight excluding hydrogens is 731 g/mol. The largest absolute Gasteiger partial charge is 0.444 e. The van der Waals surface area contributed by atoms with Gasteiger partial charge in [-0.2, -0.15) is 0 Å². The second kappa shape index (κ2) is 17.9. The van der Waals surface area contributed by atoms with E-state index < -0.39 is 29.7 Å². The lowest BCUT2D eigenvalue weighted by Gasteiger charge is -2.44. The fourth-order valence-corrected chi connectivity index (χ4v) is 6.85. The van der Waals surface area contributed by atoms with E-state index in [4.69, 9.17) is 20.3 Å². The van der Waals surface area contributed by atoms with E-state index >= 15 is 0 Å². The second-order valence-electron chi connectivity index (χ2n) is 14.9. The number of carbonyl (C=O) groups is 4. The number of alkyl carbamates (subject to hydrolysis) is 1. The summed E-state index contributed by atoms with van der Waals surface area (Å²) in [6.07, 6.45) is 5.07. The maximum Gasteiger partial charge on any atom is 0.412 e. The summed E-state index contributed by atoms with van der Waals surface area (Å²) in [5.41, 5.74) is 4.93. The first-order valence-electron chi connectivity index (χ1n) is 18.7. The molecule has 4 aromatic rings. The summed E-state index contributed by atoms with van der Waals surface area (Å²) in [7, 11) is 0. The highest BCUT2D eigenvalue weighted by Gasteiger charge is 2.37. The highest BCUT2D eigenvalue weighted by Crippen LogP contribution is 2.32. The molecule has 57 heavy (non-hydrogen) atoms. The Hall–Kier alpha value is -6.62. The number of piperazine rings is 1. The number of ether oxygens (including phenoxy) is 2. The van der Waals surface area contributed by atoms with Crippen LogP contribution in [0.25, 0.3) is 10.9 Å². The van der Waals surface area contributed by atoms with Crippen LogP contribution in [0, 0.1) is 5.92 Å². The van der Waals surface area contributed by atoms with Gasteiger partial charge in [0.05, 0.1) is 47.4 Å². The first-order chi connectivity index (χ1) is 27.4. The minimum atomic E-state index is -0.766. The van der Waals surface area contributed by atoms with E-state index in [0.717, 1.165) is 11.3 Å². The normalized spacial score (nSPS) is 18.4. The SMILES string of the molecule is C[C@H]1CN(c2ccncc2NC(=O)c2nc3cc(N4CCNC(=O)C4)ccc3cc2NC(=O)OCc2ccccc2)C[C@@H](NC(=O)OC(C)(C)C)[C@H]1N/C=C\NN. The van der Waals surface area contributed by atoms with Crippen molar-refractivity contribution in [3.05, 3.63) is 96.7 Å². The van der Waals surface area contributed by atoms with Gasteiger partial charge in [-0.3, -0.25) is 25.7 Å². The second-order valence-corrected chi connectivity index (χ2v) is 14.9. The molecule has 2 saturated heterocycles. The highest BCUT2D eigenvalue weighted by atomic mass is 16.6. The molecule has 17 nitrogen and oxygen atoms in total. The summed E-state index contributed by atoms with van der Waals surface area (Å²) < 4.78 is 11.1. The van der Waals surface area contributed by atoms with Crippen molar-refractivity contribution in [2.75, 3.05) is 53.2 Å². The number of nitrogens with zero attached hydrogens (tertiary/aromatic N) is 4. The molecule has 4 heterocycles. The van der Waals surface area contributed by atoms with Crippen LogP contribution in [0.1, 0.15) is 43.7 Å². The van der Waals surface area contributed by atoms with E-state index in [2.05, 4.69) is 48.8 Å². The molecule has 3 atom stereocenters. The summed E-state index contributed by atoms with van der Waals surface area (Å²) in [6, 6.07) is 17.6. The van der Waals surface area contributed by atoms with Gasteiger partial charge in [0.2, 0.25) is 5.91 Å². The predicted octanol–water partition coefficient (Wildman–Crippen LogP) is 3.81. The van der Waals surface area contributed by atoms with Gasteiger partial charge in [0.1, 0.15) is 12.2 Å². The van der Waals surface area contributed by atoms with Crippen molar-refractivity contribution in [2.45, 2.75) is 52.0 Å². The average Bonchev–Trinajstić information content (AvgIpc) is 3.17. The number of hydrogen-bond donors (Lipinski definition) is 7. The van der Waals surface area contributed by atoms with Crippen molar-refractivity contribution in [3.8, 4) is 0 Å². The van der Waals surface area contributed by atoms with E-state index in [1.807, 2.05) is 53.4 Å². The number of rotatable bonds is 11. The lowest BCUT2D eigenvalue weighted by atomic mass is 9.89. The number of nitrogens with one attached hydrogen (secondary N) is 6. The molecule has 6 rings (SSSR count). The number of piperidine rings is 1. The Labute approximate surface area is 330 Å². The Kier molecular flexibility index (Phi) is 12.6. The Bertz CT molecular complexity index is 2110. The van der Waals surface area contributed by atoms with Crippen molar-refractivity contribution in [3.63, 3.8) is 0 Å². The summed E-state index contributed by atoms with van der Waals surface area (Å²) >= 11 is 0. The van der Waals surface area contributed by atoms with Crippen LogP contribution in [-0.4, -0.2) is 84.4 Å². The Balaban J connectivity index is 1.29. The topological polar surface area (TPSA) is 217 Å². The molecule has 2 aliphatic rings. The fourth-order valence-electron chi connectivity index (χ4n) is 6.85. The maximum absolute atomic E-state index is 14.3. The molecule has 0 spiro atoms. The first kappa shape index (κ1) is 40.1. The minimum Gasteiger partial charge on any atom is -0.444 e. The van der Waals surface area contributed by atoms with Crippen molar-refractivity contribution in [1.29, 1.82) is 0 Å². The predicted molar refractivity (Wildman–Crippen MR) is 217 cm³/mol. The zero-order valence-corrected chi connectivity index (χ0v) is 32.4. The van der Waals surface area contributed by atoms with Gasteiger partial charge in [0.25, 0.3) is 5.91 Å². The number of amides is 4. The van der Waals surface area contributed by atoms with Gasteiger partial charge in [-0.15, -0.1) is 0 Å². The van der Waals surface area contributed by atoms with Crippen molar-refractivity contribution >= 4 is 57.7 Å². The van der Waals surface area contributed by atoms with Gasteiger partial charge in [0, 0.05) is 55.8 Å². The number of hydrazine groups is 1. The number of nitrogens with two attached hydrogens (primary N) is 1. The molecule has 0 saturated carbocycles. The molecule has 2 fully saturated rings. The van der Waals surface area contributed by atoms with Gasteiger partial charge < -0.3 is 46.0 Å².